The van der Waals surface area contributed by atoms with Gasteiger partial charge in [0.05, 0.1) is 5.54 Å². The summed E-state index contributed by atoms with van der Waals surface area (Å²) in [5, 5.41) is 0.381. The molecule has 0 aromatic heterocycles. The summed E-state index contributed by atoms with van der Waals surface area (Å²) in [6, 6.07) is 4.60. The fourth-order valence-electron chi connectivity index (χ4n) is 0.991. The van der Waals surface area contributed by atoms with Crippen LogP contribution in [0.25, 0.3) is 0 Å². The largest absolute Gasteiger partial charge is 0.317 e. The summed E-state index contributed by atoms with van der Waals surface area (Å²) in [7, 11) is 0. The monoisotopic (exact) mass is 283 g/mol. The Morgan fingerprint density at radius 3 is 2.43 bits per heavy atom. The minimum absolute atomic E-state index is 0.312. The molecular weight excluding hydrogens is 275 g/mol. The van der Waals surface area contributed by atoms with E-state index in [0.717, 1.165) is 0 Å². The lowest BCUT2D eigenvalue weighted by Crippen LogP contribution is -2.40. The Morgan fingerprint density at radius 2 is 2.00 bits per heavy atom. The van der Waals surface area contributed by atoms with Crippen molar-refractivity contribution in [2.24, 2.45) is 5.73 Å². The van der Waals surface area contributed by atoms with E-state index in [9.17, 15) is 8.78 Å². The van der Waals surface area contributed by atoms with Crippen molar-refractivity contribution in [1.29, 1.82) is 0 Å². The van der Waals surface area contributed by atoms with Crippen molar-refractivity contribution in [2.75, 3.05) is 0 Å². The maximum absolute atomic E-state index is 12.6. The van der Waals surface area contributed by atoms with Crippen molar-refractivity contribution in [1.82, 2.24) is 0 Å². The minimum atomic E-state index is -2.63. The van der Waals surface area contributed by atoms with E-state index >= 15 is 0 Å². The first-order valence-corrected chi connectivity index (χ1v) is 5.04. The van der Waals surface area contributed by atoms with Gasteiger partial charge in [0.1, 0.15) is 0 Å². The summed E-state index contributed by atoms with van der Waals surface area (Å²) < 4.78 is 25.8. The third-order valence-electron chi connectivity index (χ3n) is 1.94. The van der Waals surface area contributed by atoms with Crippen LogP contribution in [0.1, 0.15) is 12.5 Å². The molecule has 0 fully saturated rings. The molecule has 0 spiro atoms. The molecule has 0 aliphatic carbocycles. The van der Waals surface area contributed by atoms with Crippen LogP contribution in [0.2, 0.25) is 5.02 Å². The summed E-state index contributed by atoms with van der Waals surface area (Å²) in [4.78, 5) is 0. The SMILES string of the molecule is CC(N)(c1cc(Cl)cc(Br)c1)C(F)F. The predicted molar refractivity (Wildman–Crippen MR) is 56.7 cm³/mol. The van der Waals surface area contributed by atoms with Crippen LogP contribution in [0, 0.1) is 0 Å². The average Bonchev–Trinajstić information content (AvgIpc) is 2.01. The molecule has 1 aromatic carbocycles. The van der Waals surface area contributed by atoms with Crippen molar-refractivity contribution in [3.63, 3.8) is 0 Å². The molecular formula is C9H9BrClF2N. The van der Waals surface area contributed by atoms with Gasteiger partial charge in [-0.3, -0.25) is 0 Å². The molecule has 0 amide bonds. The van der Waals surface area contributed by atoms with Crippen LogP contribution in [-0.4, -0.2) is 6.43 Å². The molecule has 0 heterocycles. The predicted octanol–water partition coefficient (Wildman–Crippen LogP) is 3.54. The summed E-state index contributed by atoms with van der Waals surface area (Å²) in [5.41, 5.74) is 4.13. The van der Waals surface area contributed by atoms with Gasteiger partial charge in [0.25, 0.3) is 6.43 Å². The van der Waals surface area contributed by atoms with Crippen LogP contribution in [0.5, 0.6) is 0 Å². The molecule has 2 N–H and O–H groups in total. The molecule has 78 valence electrons. The van der Waals surface area contributed by atoms with Gasteiger partial charge in [-0.05, 0) is 30.7 Å². The van der Waals surface area contributed by atoms with E-state index in [4.69, 9.17) is 17.3 Å². The van der Waals surface area contributed by atoms with Crippen LogP contribution in [-0.2, 0) is 5.54 Å². The molecule has 1 nitrogen and oxygen atoms in total. The molecule has 0 aliphatic rings. The van der Waals surface area contributed by atoms with Crippen molar-refractivity contribution >= 4 is 27.5 Å². The second-order valence-electron chi connectivity index (χ2n) is 3.24. The van der Waals surface area contributed by atoms with Crippen LogP contribution >= 0.6 is 27.5 Å². The van der Waals surface area contributed by atoms with Crippen molar-refractivity contribution in [3.8, 4) is 0 Å². The van der Waals surface area contributed by atoms with E-state index in [1.54, 1.807) is 6.07 Å². The Bertz CT molecular complexity index is 321. The Labute approximate surface area is 94.4 Å². The summed E-state index contributed by atoms with van der Waals surface area (Å²) in [6.45, 7) is 1.27. The number of alkyl halides is 2. The standard InChI is InChI=1S/C9H9BrClF2N/c1-9(14,8(12)13)5-2-6(10)4-7(11)3-5/h2-4,8H,14H2,1H3. The Hall–Kier alpha value is -0.190. The fourth-order valence-corrected chi connectivity index (χ4v) is 1.85. The zero-order valence-electron chi connectivity index (χ0n) is 7.40. The number of hydrogen-bond acceptors (Lipinski definition) is 1. The molecule has 1 aromatic rings. The summed E-state index contributed by atoms with van der Waals surface area (Å²) >= 11 is 8.90. The van der Waals surface area contributed by atoms with E-state index in [2.05, 4.69) is 15.9 Å². The average molecular weight is 285 g/mol. The summed E-state index contributed by atoms with van der Waals surface area (Å²) in [5.74, 6) is 0. The number of hydrogen-bond donors (Lipinski definition) is 1. The van der Waals surface area contributed by atoms with E-state index in [1.807, 2.05) is 0 Å². The molecule has 0 saturated carbocycles. The van der Waals surface area contributed by atoms with Crippen molar-refractivity contribution < 1.29 is 8.78 Å². The highest BCUT2D eigenvalue weighted by molar-refractivity contribution is 9.10. The minimum Gasteiger partial charge on any atom is -0.317 e. The smallest absolute Gasteiger partial charge is 0.260 e. The lowest BCUT2D eigenvalue weighted by molar-refractivity contribution is 0.0625. The number of benzene rings is 1. The van der Waals surface area contributed by atoms with Crippen molar-refractivity contribution in [2.45, 2.75) is 18.9 Å². The van der Waals surface area contributed by atoms with Gasteiger partial charge in [-0.15, -0.1) is 0 Å². The van der Waals surface area contributed by atoms with Gasteiger partial charge in [0.15, 0.2) is 0 Å². The highest BCUT2D eigenvalue weighted by Gasteiger charge is 2.32. The molecule has 0 aliphatic heterocycles. The van der Waals surface area contributed by atoms with Crippen LogP contribution in [0.15, 0.2) is 22.7 Å². The lowest BCUT2D eigenvalue weighted by atomic mass is 9.94. The second-order valence-corrected chi connectivity index (χ2v) is 4.59. The van der Waals surface area contributed by atoms with Crippen LogP contribution in [0.4, 0.5) is 8.78 Å². The van der Waals surface area contributed by atoms with E-state index in [0.29, 0.717) is 15.1 Å². The molecule has 14 heavy (non-hydrogen) atoms. The van der Waals surface area contributed by atoms with Gasteiger partial charge in [-0.25, -0.2) is 8.78 Å². The van der Waals surface area contributed by atoms with Gasteiger partial charge in [-0.2, -0.15) is 0 Å². The Morgan fingerprint density at radius 1 is 1.43 bits per heavy atom. The molecule has 1 atom stereocenters. The first-order valence-electron chi connectivity index (χ1n) is 3.87. The molecule has 0 radical (unpaired) electrons. The number of halogens is 4. The van der Waals surface area contributed by atoms with Gasteiger partial charge < -0.3 is 5.73 Å². The maximum atomic E-state index is 12.6. The van der Waals surface area contributed by atoms with Gasteiger partial charge in [0.2, 0.25) is 0 Å². The lowest BCUT2D eigenvalue weighted by Gasteiger charge is -2.24. The van der Waals surface area contributed by atoms with Gasteiger partial charge in [-0.1, -0.05) is 27.5 Å². The Balaban J connectivity index is 3.18. The number of nitrogens with two attached hydrogens (primary N) is 1. The first-order chi connectivity index (χ1) is 6.34. The van der Waals surface area contributed by atoms with E-state index in [1.165, 1.54) is 19.1 Å². The molecule has 0 saturated heterocycles. The third kappa shape index (κ3) is 2.43. The zero-order chi connectivity index (χ0) is 10.9. The molecule has 0 bridgehead atoms. The van der Waals surface area contributed by atoms with Crippen molar-refractivity contribution in [3.05, 3.63) is 33.3 Å². The van der Waals surface area contributed by atoms with E-state index in [-0.39, 0.29) is 0 Å². The van der Waals surface area contributed by atoms with Gasteiger partial charge in [0, 0.05) is 9.50 Å². The van der Waals surface area contributed by atoms with E-state index < -0.39 is 12.0 Å². The molecule has 1 rings (SSSR count). The second kappa shape index (κ2) is 4.13. The first kappa shape index (κ1) is 11.9. The topological polar surface area (TPSA) is 26.0 Å². The summed E-state index contributed by atoms with van der Waals surface area (Å²) in [6.07, 6.45) is -2.63. The number of rotatable bonds is 2. The maximum Gasteiger partial charge on any atom is 0.260 e. The molecule has 5 heteroatoms. The fraction of sp³-hybridized carbons (Fsp3) is 0.333. The van der Waals surface area contributed by atoms with Crippen LogP contribution in [0.3, 0.4) is 0 Å². The highest BCUT2D eigenvalue weighted by atomic mass is 79.9. The molecule has 1 unspecified atom stereocenters. The Kier molecular flexibility index (Phi) is 3.50. The third-order valence-corrected chi connectivity index (χ3v) is 2.61. The van der Waals surface area contributed by atoms with Crippen LogP contribution < -0.4 is 5.73 Å². The normalized spacial score (nSPS) is 15.6. The zero-order valence-corrected chi connectivity index (χ0v) is 9.74. The highest BCUT2D eigenvalue weighted by Crippen LogP contribution is 2.30. The quantitative estimate of drug-likeness (QED) is 0.883. The van der Waals surface area contributed by atoms with Gasteiger partial charge >= 0.3 is 0 Å².